The summed E-state index contributed by atoms with van der Waals surface area (Å²) in [6.07, 6.45) is 6.25. The van der Waals surface area contributed by atoms with Crippen molar-refractivity contribution in [3.8, 4) is 23.3 Å². The van der Waals surface area contributed by atoms with E-state index >= 15 is 0 Å². The molecule has 2 aromatic rings. The minimum absolute atomic E-state index is 0.0666. The lowest BCUT2D eigenvalue weighted by atomic mass is 10.0. The molecule has 2 unspecified atom stereocenters. The van der Waals surface area contributed by atoms with Crippen LogP contribution >= 0.6 is 0 Å². The van der Waals surface area contributed by atoms with Crippen LogP contribution in [0.25, 0.3) is 0 Å². The Morgan fingerprint density at radius 2 is 1.57 bits per heavy atom. The van der Waals surface area contributed by atoms with Crippen LogP contribution in [0.1, 0.15) is 51.4 Å². The molecular weight excluding hydrogens is 525 g/mol. The van der Waals surface area contributed by atoms with Gasteiger partial charge in [0, 0.05) is 24.9 Å². The lowest BCUT2D eigenvalue weighted by Gasteiger charge is -2.37. The Morgan fingerprint density at radius 1 is 0.919 bits per heavy atom. The van der Waals surface area contributed by atoms with Gasteiger partial charge in [0.1, 0.15) is 12.4 Å². The van der Waals surface area contributed by atoms with Gasteiger partial charge in [-0.1, -0.05) is 0 Å². The molecule has 10 nitrogen and oxygen atoms in total. The molecule has 2 saturated heterocycles. The van der Waals surface area contributed by atoms with Gasteiger partial charge < -0.3 is 14.2 Å². The molecule has 4 fully saturated rings. The average molecular weight is 554 g/mol. The van der Waals surface area contributed by atoms with Gasteiger partial charge in [-0.25, -0.2) is 21.2 Å². The Labute approximate surface area is 215 Å². The van der Waals surface area contributed by atoms with Gasteiger partial charge in [0.05, 0.1) is 22.5 Å². The number of ether oxygens (including phenoxy) is 3. The first-order chi connectivity index (χ1) is 17.7. The summed E-state index contributed by atoms with van der Waals surface area (Å²) in [4.78, 5) is 8.15. The van der Waals surface area contributed by atoms with Crippen LogP contribution in [-0.2, 0) is 19.9 Å². The Kier molecular flexibility index (Phi) is 6.07. The standard InChI is InChI=1S/C24H28FN3O7S2/c1-33-22-23(34-16-10-14-2-3-15(11-16)28(14)37(31,32)18-6-7-18)26-13-27-24(22)35-21-9-8-19(12-20(21)25)36(29,30)17-4-5-17/h8-9,12-18H,2-7,10-11H2,1H3/t14-,15?,16?/m0/s1. The topological polar surface area (TPSA) is 125 Å². The molecule has 1 aromatic heterocycles. The van der Waals surface area contributed by atoms with Crippen molar-refractivity contribution >= 4 is 19.9 Å². The van der Waals surface area contributed by atoms with Gasteiger partial charge in [0.15, 0.2) is 21.4 Å². The normalized spacial score (nSPS) is 26.2. The van der Waals surface area contributed by atoms with Crippen molar-refractivity contribution in [1.82, 2.24) is 14.3 Å². The third-order valence-corrected chi connectivity index (χ3v) is 12.2. The Balaban J connectivity index is 1.19. The number of sulfone groups is 1. The van der Waals surface area contributed by atoms with E-state index in [-0.39, 0.29) is 51.6 Å². The number of hydrogen-bond donors (Lipinski definition) is 0. The van der Waals surface area contributed by atoms with Gasteiger partial charge in [0.25, 0.3) is 11.8 Å². The molecule has 3 atom stereocenters. The highest BCUT2D eigenvalue weighted by atomic mass is 32.2. The van der Waals surface area contributed by atoms with E-state index in [0.29, 0.717) is 25.7 Å². The monoisotopic (exact) mass is 553 g/mol. The molecule has 0 amide bonds. The van der Waals surface area contributed by atoms with E-state index in [1.165, 1.54) is 25.6 Å². The van der Waals surface area contributed by atoms with Crippen LogP contribution in [-0.4, -0.2) is 66.9 Å². The molecule has 2 bridgehead atoms. The molecule has 200 valence electrons. The first-order valence-electron chi connectivity index (χ1n) is 12.5. The molecular formula is C24H28FN3O7S2. The Morgan fingerprint density at radius 3 is 2.16 bits per heavy atom. The van der Waals surface area contributed by atoms with E-state index in [4.69, 9.17) is 14.2 Å². The Hall–Kier alpha value is -2.51. The predicted octanol–water partition coefficient (Wildman–Crippen LogP) is 3.22. The third kappa shape index (κ3) is 4.54. The molecule has 6 rings (SSSR count). The highest BCUT2D eigenvalue weighted by molar-refractivity contribution is 7.92. The van der Waals surface area contributed by atoms with Crippen molar-refractivity contribution in [1.29, 1.82) is 0 Å². The molecule has 3 heterocycles. The third-order valence-electron chi connectivity index (χ3n) is 7.48. The molecule has 2 aliphatic heterocycles. The van der Waals surface area contributed by atoms with Gasteiger partial charge >= 0.3 is 0 Å². The van der Waals surface area contributed by atoms with Gasteiger partial charge in [-0.15, -0.1) is 0 Å². The van der Waals surface area contributed by atoms with Crippen LogP contribution in [0.4, 0.5) is 4.39 Å². The minimum Gasteiger partial charge on any atom is -0.487 e. The maximum absolute atomic E-state index is 14.8. The second-order valence-corrected chi connectivity index (χ2v) is 14.5. The van der Waals surface area contributed by atoms with Crippen LogP contribution in [0.5, 0.6) is 23.3 Å². The highest BCUT2D eigenvalue weighted by Crippen LogP contribution is 2.45. The second kappa shape index (κ2) is 9.05. The number of halogens is 1. The van der Waals surface area contributed by atoms with Crippen molar-refractivity contribution in [3.63, 3.8) is 0 Å². The maximum Gasteiger partial charge on any atom is 0.270 e. The van der Waals surface area contributed by atoms with Crippen LogP contribution in [0.3, 0.4) is 0 Å². The van der Waals surface area contributed by atoms with E-state index in [9.17, 15) is 21.2 Å². The van der Waals surface area contributed by atoms with Gasteiger partial charge in [-0.2, -0.15) is 14.3 Å². The number of methoxy groups -OCH3 is 1. The molecule has 2 saturated carbocycles. The number of fused-ring (bicyclic) bond motifs is 2. The second-order valence-electron chi connectivity index (χ2n) is 10.1. The molecule has 0 radical (unpaired) electrons. The summed E-state index contributed by atoms with van der Waals surface area (Å²) in [6.45, 7) is 0. The number of nitrogens with zero attached hydrogens (tertiary/aromatic N) is 3. The summed E-state index contributed by atoms with van der Waals surface area (Å²) in [5.74, 6) is -0.957. The van der Waals surface area contributed by atoms with Crippen molar-refractivity contribution in [2.45, 2.75) is 84.9 Å². The van der Waals surface area contributed by atoms with Crippen molar-refractivity contribution in [2.24, 2.45) is 0 Å². The first kappa shape index (κ1) is 24.8. The molecule has 4 aliphatic rings. The predicted molar refractivity (Wildman–Crippen MR) is 130 cm³/mol. The SMILES string of the molecule is COc1c(Oc2ccc(S(=O)(=O)C3CC3)cc2F)ncnc1OC1CC2CC[C@@H](C1)N2S(=O)(=O)C1CC1. The number of piperidine rings is 1. The maximum atomic E-state index is 14.8. The zero-order valence-electron chi connectivity index (χ0n) is 20.2. The average Bonchev–Trinajstić information content (AvgIpc) is 3.76. The summed E-state index contributed by atoms with van der Waals surface area (Å²) >= 11 is 0. The summed E-state index contributed by atoms with van der Waals surface area (Å²) in [7, 11) is -5.41. The van der Waals surface area contributed by atoms with E-state index in [0.717, 1.165) is 31.7 Å². The van der Waals surface area contributed by atoms with E-state index in [1.54, 1.807) is 4.31 Å². The molecule has 2 aliphatic carbocycles. The van der Waals surface area contributed by atoms with Gasteiger partial charge in [-0.05, 0) is 56.7 Å². The quantitative estimate of drug-likeness (QED) is 0.460. The molecule has 0 spiro atoms. The fourth-order valence-corrected chi connectivity index (χ4v) is 9.34. The zero-order valence-corrected chi connectivity index (χ0v) is 21.9. The largest absolute Gasteiger partial charge is 0.487 e. The van der Waals surface area contributed by atoms with Crippen LogP contribution in [0, 0.1) is 5.82 Å². The van der Waals surface area contributed by atoms with Gasteiger partial charge in [-0.3, -0.25) is 0 Å². The van der Waals surface area contributed by atoms with Crippen LogP contribution in [0.2, 0.25) is 0 Å². The number of sulfonamides is 1. The molecule has 0 N–H and O–H groups in total. The number of hydrogen-bond acceptors (Lipinski definition) is 9. The smallest absolute Gasteiger partial charge is 0.270 e. The molecule has 37 heavy (non-hydrogen) atoms. The highest BCUT2D eigenvalue weighted by Gasteiger charge is 2.52. The number of benzene rings is 1. The van der Waals surface area contributed by atoms with Crippen LogP contribution in [0.15, 0.2) is 29.4 Å². The lowest BCUT2D eigenvalue weighted by Crippen LogP contribution is -2.50. The molecule has 1 aromatic carbocycles. The van der Waals surface area contributed by atoms with Crippen molar-refractivity contribution in [2.75, 3.05) is 7.11 Å². The summed E-state index contributed by atoms with van der Waals surface area (Å²) in [5, 5.41) is -0.686. The van der Waals surface area contributed by atoms with Crippen LogP contribution < -0.4 is 14.2 Å². The number of aromatic nitrogens is 2. The fourth-order valence-electron chi connectivity index (χ4n) is 5.38. The lowest BCUT2D eigenvalue weighted by molar-refractivity contribution is 0.0881. The first-order valence-corrected chi connectivity index (χ1v) is 15.5. The fraction of sp³-hybridized carbons (Fsp3) is 0.583. The van der Waals surface area contributed by atoms with E-state index in [2.05, 4.69) is 9.97 Å². The van der Waals surface area contributed by atoms with Crippen molar-refractivity contribution < 1.29 is 35.4 Å². The minimum atomic E-state index is -3.54. The summed E-state index contributed by atoms with van der Waals surface area (Å²) in [5.41, 5.74) is 0. The van der Waals surface area contributed by atoms with E-state index in [1.807, 2.05) is 0 Å². The zero-order chi connectivity index (χ0) is 25.9. The van der Waals surface area contributed by atoms with Crippen molar-refractivity contribution in [3.05, 3.63) is 30.3 Å². The summed E-state index contributed by atoms with van der Waals surface area (Å²) < 4.78 is 84.3. The summed E-state index contributed by atoms with van der Waals surface area (Å²) in [6, 6.07) is 3.32. The van der Waals surface area contributed by atoms with Gasteiger partial charge in [0.2, 0.25) is 15.8 Å². The molecule has 13 heteroatoms. The van der Waals surface area contributed by atoms with E-state index < -0.39 is 30.9 Å². The Bertz CT molecular complexity index is 1410. The number of rotatable bonds is 9.